The fraction of sp³-hybridized carbons (Fsp3) is 0.308. The molecule has 9 heteroatoms. The van der Waals surface area contributed by atoms with Crippen LogP contribution >= 0.6 is 0 Å². The van der Waals surface area contributed by atoms with Crippen molar-refractivity contribution in [2.45, 2.75) is 18.9 Å². The SMILES string of the molecule is O=C(NCCc1ccccn1)[C@H]1Cc2cc([N+](=O)[O-])ccc2N2CCN(c3ccccc3F)C[C@H]12. The molecule has 0 saturated carbocycles. The normalized spacial score (nSPS) is 19.0. The average Bonchev–Trinajstić information content (AvgIpc) is 2.88. The number of aromatic nitrogens is 1. The van der Waals surface area contributed by atoms with E-state index in [0.29, 0.717) is 44.7 Å². The highest BCUT2D eigenvalue weighted by Gasteiger charge is 2.42. The van der Waals surface area contributed by atoms with Crippen molar-refractivity contribution in [2.75, 3.05) is 36.0 Å². The zero-order valence-corrected chi connectivity index (χ0v) is 19.1. The Kier molecular flexibility index (Phi) is 6.31. The molecule has 1 fully saturated rings. The number of hydrogen-bond donors (Lipinski definition) is 1. The van der Waals surface area contributed by atoms with Crippen molar-refractivity contribution in [3.8, 4) is 0 Å². The molecule has 3 heterocycles. The highest BCUT2D eigenvalue weighted by atomic mass is 19.1. The molecule has 3 aromatic rings. The van der Waals surface area contributed by atoms with Crippen LogP contribution in [0.3, 0.4) is 0 Å². The smallest absolute Gasteiger partial charge is 0.269 e. The minimum Gasteiger partial charge on any atom is -0.365 e. The van der Waals surface area contributed by atoms with Crippen molar-refractivity contribution in [1.29, 1.82) is 0 Å². The van der Waals surface area contributed by atoms with Crippen LogP contribution in [0.25, 0.3) is 0 Å². The molecule has 0 unspecified atom stereocenters. The Balaban J connectivity index is 1.40. The third kappa shape index (κ3) is 4.66. The Bertz CT molecular complexity index is 1240. The van der Waals surface area contributed by atoms with Gasteiger partial charge >= 0.3 is 0 Å². The van der Waals surface area contributed by atoms with Crippen molar-refractivity contribution in [2.24, 2.45) is 5.92 Å². The largest absolute Gasteiger partial charge is 0.365 e. The number of fused-ring (bicyclic) bond motifs is 3. The zero-order chi connectivity index (χ0) is 24.4. The van der Waals surface area contributed by atoms with E-state index >= 15 is 0 Å². The molecular formula is C26H26FN5O3. The van der Waals surface area contributed by atoms with Crippen LogP contribution in [0.5, 0.6) is 0 Å². The fourth-order valence-corrected chi connectivity index (χ4v) is 5.14. The van der Waals surface area contributed by atoms with Gasteiger partial charge in [0, 0.05) is 62.3 Å². The van der Waals surface area contributed by atoms with Gasteiger partial charge in [0.15, 0.2) is 0 Å². The number of benzene rings is 2. The summed E-state index contributed by atoms with van der Waals surface area (Å²) >= 11 is 0. The summed E-state index contributed by atoms with van der Waals surface area (Å²) in [5.41, 5.74) is 3.13. The summed E-state index contributed by atoms with van der Waals surface area (Å²) in [5.74, 6) is -0.824. The number of para-hydroxylation sites is 1. The highest BCUT2D eigenvalue weighted by Crippen LogP contribution is 2.38. The maximum Gasteiger partial charge on any atom is 0.269 e. The topological polar surface area (TPSA) is 91.6 Å². The molecule has 2 aliphatic rings. The van der Waals surface area contributed by atoms with Crippen LogP contribution in [0.1, 0.15) is 11.3 Å². The lowest BCUT2D eigenvalue weighted by Crippen LogP contribution is -2.61. The zero-order valence-electron chi connectivity index (χ0n) is 19.1. The second-order valence-corrected chi connectivity index (χ2v) is 8.90. The molecular weight excluding hydrogens is 449 g/mol. The number of piperazine rings is 1. The highest BCUT2D eigenvalue weighted by molar-refractivity contribution is 5.82. The van der Waals surface area contributed by atoms with Crippen molar-refractivity contribution in [3.05, 3.63) is 94.0 Å². The Hall–Kier alpha value is -4.01. The summed E-state index contributed by atoms with van der Waals surface area (Å²) < 4.78 is 14.5. The van der Waals surface area contributed by atoms with Crippen LogP contribution in [-0.4, -0.2) is 48.0 Å². The van der Waals surface area contributed by atoms with E-state index in [4.69, 9.17) is 0 Å². The number of amides is 1. The van der Waals surface area contributed by atoms with E-state index in [1.807, 2.05) is 29.2 Å². The van der Waals surface area contributed by atoms with Gasteiger partial charge in [0.1, 0.15) is 5.82 Å². The van der Waals surface area contributed by atoms with Crippen molar-refractivity contribution < 1.29 is 14.1 Å². The van der Waals surface area contributed by atoms with Gasteiger partial charge in [-0.3, -0.25) is 19.9 Å². The van der Waals surface area contributed by atoms with E-state index in [0.717, 1.165) is 16.9 Å². The number of nitro groups is 1. The lowest BCUT2D eigenvalue weighted by atomic mass is 9.83. The number of nitrogens with zero attached hydrogens (tertiary/aromatic N) is 4. The van der Waals surface area contributed by atoms with Gasteiger partial charge < -0.3 is 15.1 Å². The first-order chi connectivity index (χ1) is 17.0. The summed E-state index contributed by atoms with van der Waals surface area (Å²) in [5, 5.41) is 14.4. The summed E-state index contributed by atoms with van der Waals surface area (Å²) in [6.07, 6.45) is 2.72. The van der Waals surface area contributed by atoms with Crippen molar-refractivity contribution in [1.82, 2.24) is 10.3 Å². The molecule has 1 N–H and O–H groups in total. The summed E-state index contributed by atoms with van der Waals surface area (Å²) in [4.78, 5) is 32.8. The standard InChI is InChI=1S/C26H26FN5O3/c27-22-6-1-2-7-24(22)30-13-14-31-23-9-8-20(32(34)35)15-18(23)16-21(25(31)17-30)26(33)29-12-10-19-5-3-4-11-28-19/h1-9,11,15,21,25H,10,12-14,16-17H2,(H,29,33)/t21-,25+/m0/s1. The Morgan fingerprint density at radius 1 is 1.11 bits per heavy atom. The number of nitro benzene ring substituents is 1. The number of carbonyl (C=O) groups is 1. The van der Waals surface area contributed by atoms with E-state index in [2.05, 4.69) is 15.2 Å². The van der Waals surface area contributed by atoms with Crippen LogP contribution in [0, 0.1) is 21.8 Å². The number of pyridine rings is 1. The van der Waals surface area contributed by atoms with Crippen LogP contribution in [0.4, 0.5) is 21.5 Å². The third-order valence-electron chi connectivity index (χ3n) is 6.84. The van der Waals surface area contributed by atoms with Gasteiger partial charge in [0.05, 0.1) is 22.6 Å². The van der Waals surface area contributed by atoms with E-state index < -0.39 is 10.8 Å². The first-order valence-electron chi connectivity index (χ1n) is 11.7. The van der Waals surface area contributed by atoms with E-state index in [1.165, 1.54) is 12.1 Å². The van der Waals surface area contributed by atoms with Crippen LogP contribution < -0.4 is 15.1 Å². The summed E-state index contributed by atoms with van der Waals surface area (Å²) in [6.45, 7) is 2.09. The molecule has 35 heavy (non-hydrogen) atoms. The number of non-ortho nitro benzene ring substituents is 1. The number of carbonyl (C=O) groups excluding carboxylic acids is 1. The van der Waals surface area contributed by atoms with Crippen molar-refractivity contribution >= 4 is 23.0 Å². The second-order valence-electron chi connectivity index (χ2n) is 8.90. The van der Waals surface area contributed by atoms with E-state index in [1.54, 1.807) is 30.5 Å². The number of halogens is 1. The van der Waals surface area contributed by atoms with Gasteiger partial charge in [0.2, 0.25) is 5.91 Å². The van der Waals surface area contributed by atoms with Gasteiger partial charge in [-0.05, 0) is 42.3 Å². The molecule has 8 nitrogen and oxygen atoms in total. The lowest BCUT2D eigenvalue weighted by molar-refractivity contribution is -0.384. The monoisotopic (exact) mass is 475 g/mol. The predicted octanol–water partition coefficient (Wildman–Crippen LogP) is 3.36. The van der Waals surface area contributed by atoms with Crippen LogP contribution in [0.15, 0.2) is 66.9 Å². The molecule has 5 rings (SSSR count). The number of anilines is 2. The Morgan fingerprint density at radius 2 is 1.94 bits per heavy atom. The molecule has 1 amide bonds. The minimum absolute atomic E-state index is 0.0153. The third-order valence-corrected chi connectivity index (χ3v) is 6.84. The average molecular weight is 476 g/mol. The second kappa shape index (κ2) is 9.69. The molecule has 0 aliphatic carbocycles. The summed E-state index contributed by atoms with van der Waals surface area (Å²) in [7, 11) is 0. The van der Waals surface area contributed by atoms with Gasteiger partial charge in [-0.15, -0.1) is 0 Å². The fourth-order valence-electron chi connectivity index (χ4n) is 5.14. The molecule has 2 aromatic carbocycles. The van der Waals surface area contributed by atoms with Crippen molar-refractivity contribution in [3.63, 3.8) is 0 Å². The number of nitrogens with one attached hydrogen (secondary N) is 1. The van der Waals surface area contributed by atoms with E-state index in [-0.39, 0.29) is 23.5 Å². The number of hydrogen-bond acceptors (Lipinski definition) is 6. The molecule has 0 spiro atoms. The lowest BCUT2D eigenvalue weighted by Gasteiger charge is -2.49. The molecule has 2 aliphatic heterocycles. The van der Waals surface area contributed by atoms with Gasteiger partial charge in [-0.25, -0.2) is 4.39 Å². The quantitative estimate of drug-likeness (QED) is 0.434. The molecule has 1 aromatic heterocycles. The first-order valence-corrected chi connectivity index (χ1v) is 11.7. The predicted molar refractivity (Wildman–Crippen MR) is 131 cm³/mol. The van der Waals surface area contributed by atoms with E-state index in [9.17, 15) is 19.3 Å². The Morgan fingerprint density at radius 3 is 2.71 bits per heavy atom. The molecule has 2 atom stereocenters. The minimum atomic E-state index is -0.428. The molecule has 1 saturated heterocycles. The molecule has 0 bridgehead atoms. The van der Waals surface area contributed by atoms with Gasteiger partial charge in [-0.1, -0.05) is 18.2 Å². The summed E-state index contributed by atoms with van der Waals surface area (Å²) in [6, 6.07) is 17.0. The Labute approximate surface area is 202 Å². The van der Waals surface area contributed by atoms with Gasteiger partial charge in [-0.2, -0.15) is 0 Å². The molecule has 0 radical (unpaired) electrons. The first kappa shape index (κ1) is 22.8. The van der Waals surface area contributed by atoms with Gasteiger partial charge in [0.25, 0.3) is 5.69 Å². The van der Waals surface area contributed by atoms with Crippen LogP contribution in [0.2, 0.25) is 0 Å². The molecule has 180 valence electrons. The number of rotatable bonds is 6. The maximum atomic E-state index is 14.5. The maximum absolute atomic E-state index is 14.5. The van der Waals surface area contributed by atoms with Crippen LogP contribution in [-0.2, 0) is 17.6 Å².